The maximum atomic E-state index is 5.87. The molecule has 1 aliphatic heterocycles. The highest BCUT2D eigenvalue weighted by Crippen LogP contribution is 2.33. The van der Waals surface area contributed by atoms with Crippen molar-refractivity contribution in [3.8, 4) is 0 Å². The number of rotatable bonds is 3. The van der Waals surface area contributed by atoms with Gasteiger partial charge < -0.3 is 10.6 Å². The van der Waals surface area contributed by atoms with E-state index in [0.29, 0.717) is 18.5 Å². The summed E-state index contributed by atoms with van der Waals surface area (Å²) >= 11 is 0. The summed E-state index contributed by atoms with van der Waals surface area (Å²) in [7, 11) is 0. The molecule has 1 unspecified atom stereocenters. The number of hydrogen-bond acceptors (Lipinski definition) is 4. The van der Waals surface area contributed by atoms with Gasteiger partial charge in [-0.05, 0) is 44.2 Å². The molecule has 19 heavy (non-hydrogen) atoms. The van der Waals surface area contributed by atoms with Gasteiger partial charge in [0.1, 0.15) is 0 Å². The lowest BCUT2D eigenvalue weighted by molar-refractivity contribution is 0.460. The third-order valence-electron chi connectivity index (χ3n) is 4.64. The number of piperidine rings is 1. The number of anilines is 1. The van der Waals surface area contributed by atoms with Gasteiger partial charge in [0.25, 0.3) is 0 Å². The van der Waals surface area contributed by atoms with Crippen molar-refractivity contribution in [2.45, 2.75) is 56.9 Å². The lowest BCUT2D eigenvalue weighted by Crippen LogP contribution is -2.44. The van der Waals surface area contributed by atoms with E-state index in [1.165, 1.54) is 50.6 Å². The zero-order chi connectivity index (χ0) is 13.1. The standard InChI is InChI=1S/C15H24N4/c16-11-13-7-3-4-10-19(13)15-9-8-14(17-18-15)12-5-1-2-6-12/h8-9,12-13H,1-7,10-11,16H2. The fraction of sp³-hybridized carbons (Fsp3) is 0.733. The SMILES string of the molecule is NCC1CCCCN1c1ccc(C2CCCC2)nn1. The van der Waals surface area contributed by atoms with Crippen LogP contribution in [0.4, 0.5) is 5.82 Å². The second kappa shape index (κ2) is 5.87. The van der Waals surface area contributed by atoms with Crippen LogP contribution in [0.5, 0.6) is 0 Å². The van der Waals surface area contributed by atoms with Gasteiger partial charge in [0, 0.05) is 25.0 Å². The molecule has 1 saturated carbocycles. The minimum atomic E-state index is 0.445. The monoisotopic (exact) mass is 260 g/mol. The number of aromatic nitrogens is 2. The van der Waals surface area contributed by atoms with Gasteiger partial charge in [-0.2, -0.15) is 5.10 Å². The Morgan fingerprint density at radius 2 is 1.84 bits per heavy atom. The summed E-state index contributed by atoms with van der Waals surface area (Å²) in [5.74, 6) is 1.66. The van der Waals surface area contributed by atoms with Crippen molar-refractivity contribution >= 4 is 5.82 Å². The third kappa shape index (κ3) is 2.73. The predicted molar refractivity (Wildman–Crippen MR) is 77.3 cm³/mol. The maximum Gasteiger partial charge on any atom is 0.151 e. The minimum absolute atomic E-state index is 0.445. The first-order chi connectivity index (χ1) is 9.38. The van der Waals surface area contributed by atoms with Gasteiger partial charge in [0.15, 0.2) is 5.82 Å². The smallest absolute Gasteiger partial charge is 0.151 e. The average molecular weight is 260 g/mol. The van der Waals surface area contributed by atoms with Gasteiger partial charge >= 0.3 is 0 Å². The van der Waals surface area contributed by atoms with E-state index < -0.39 is 0 Å². The van der Waals surface area contributed by atoms with Crippen molar-refractivity contribution in [2.75, 3.05) is 18.0 Å². The Kier molecular flexibility index (Phi) is 3.97. The summed E-state index contributed by atoms with van der Waals surface area (Å²) in [4.78, 5) is 2.34. The number of nitrogens with two attached hydrogens (primary N) is 1. The molecule has 3 rings (SSSR count). The Morgan fingerprint density at radius 1 is 1.05 bits per heavy atom. The molecule has 0 radical (unpaired) electrons. The summed E-state index contributed by atoms with van der Waals surface area (Å²) in [6.07, 6.45) is 8.95. The van der Waals surface area contributed by atoms with Crippen molar-refractivity contribution < 1.29 is 0 Å². The highest BCUT2D eigenvalue weighted by Gasteiger charge is 2.23. The van der Waals surface area contributed by atoms with Crippen LogP contribution in [0.2, 0.25) is 0 Å². The fourth-order valence-corrected chi connectivity index (χ4v) is 3.48. The van der Waals surface area contributed by atoms with Crippen LogP contribution in [0.15, 0.2) is 12.1 Å². The summed E-state index contributed by atoms with van der Waals surface area (Å²) in [5.41, 5.74) is 7.05. The molecule has 0 amide bonds. The molecule has 4 nitrogen and oxygen atoms in total. The molecule has 0 aromatic carbocycles. The minimum Gasteiger partial charge on any atom is -0.351 e. The summed E-state index contributed by atoms with van der Waals surface area (Å²) in [6, 6.07) is 4.77. The second-order valence-electron chi connectivity index (χ2n) is 5.88. The fourth-order valence-electron chi connectivity index (χ4n) is 3.48. The van der Waals surface area contributed by atoms with E-state index in [1.54, 1.807) is 0 Å². The quantitative estimate of drug-likeness (QED) is 0.907. The molecule has 0 bridgehead atoms. The molecule has 1 atom stereocenters. The Labute approximate surface area is 115 Å². The maximum absolute atomic E-state index is 5.87. The van der Waals surface area contributed by atoms with Gasteiger partial charge in [-0.3, -0.25) is 0 Å². The molecular weight excluding hydrogens is 236 g/mol. The van der Waals surface area contributed by atoms with Crippen molar-refractivity contribution in [2.24, 2.45) is 5.73 Å². The van der Waals surface area contributed by atoms with Crippen LogP contribution in [0.25, 0.3) is 0 Å². The van der Waals surface area contributed by atoms with Crippen LogP contribution < -0.4 is 10.6 Å². The first kappa shape index (κ1) is 12.9. The van der Waals surface area contributed by atoms with Gasteiger partial charge in [-0.15, -0.1) is 5.10 Å². The molecule has 1 aromatic rings. The van der Waals surface area contributed by atoms with Crippen molar-refractivity contribution in [3.05, 3.63) is 17.8 Å². The predicted octanol–water partition coefficient (Wildman–Crippen LogP) is 2.45. The normalized spacial score (nSPS) is 24.9. The van der Waals surface area contributed by atoms with Crippen LogP contribution in [0, 0.1) is 0 Å². The van der Waals surface area contributed by atoms with Crippen molar-refractivity contribution in [3.63, 3.8) is 0 Å². The zero-order valence-electron chi connectivity index (χ0n) is 11.6. The Hall–Kier alpha value is -1.16. The van der Waals surface area contributed by atoms with Crippen molar-refractivity contribution in [1.29, 1.82) is 0 Å². The molecule has 4 heteroatoms. The molecule has 1 saturated heterocycles. The van der Waals surface area contributed by atoms with E-state index in [9.17, 15) is 0 Å². The molecule has 2 fully saturated rings. The topological polar surface area (TPSA) is 55.0 Å². The Balaban J connectivity index is 1.73. The Morgan fingerprint density at radius 3 is 2.53 bits per heavy atom. The van der Waals surface area contributed by atoms with E-state index in [4.69, 9.17) is 5.73 Å². The lowest BCUT2D eigenvalue weighted by atomic mass is 10.0. The van der Waals surface area contributed by atoms with E-state index in [0.717, 1.165) is 12.4 Å². The highest BCUT2D eigenvalue weighted by molar-refractivity contribution is 5.40. The molecule has 2 heterocycles. The second-order valence-corrected chi connectivity index (χ2v) is 5.88. The number of nitrogens with zero attached hydrogens (tertiary/aromatic N) is 3. The van der Waals surface area contributed by atoms with E-state index >= 15 is 0 Å². The largest absolute Gasteiger partial charge is 0.351 e. The molecule has 2 aliphatic rings. The van der Waals surface area contributed by atoms with E-state index in [1.807, 2.05) is 0 Å². The van der Waals surface area contributed by atoms with Gasteiger partial charge in [0.05, 0.1) is 5.69 Å². The van der Waals surface area contributed by atoms with E-state index in [2.05, 4.69) is 27.2 Å². The Bertz CT molecular complexity index is 397. The summed E-state index contributed by atoms with van der Waals surface area (Å²) in [6.45, 7) is 1.78. The molecule has 2 N–H and O–H groups in total. The zero-order valence-corrected chi connectivity index (χ0v) is 11.6. The van der Waals surface area contributed by atoms with Crippen molar-refractivity contribution in [1.82, 2.24) is 10.2 Å². The summed E-state index contributed by atoms with van der Waals surface area (Å²) in [5, 5.41) is 8.94. The summed E-state index contributed by atoms with van der Waals surface area (Å²) < 4.78 is 0. The molecule has 1 aromatic heterocycles. The van der Waals surface area contributed by atoms with Crippen LogP contribution in [0.3, 0.4) is 0 Å². The molecular formula is C15H24N4. The first-order valence-electron chi connectivity index (χ1n) is 7.69. The van der Waals surface area contributed by atoms with Gasteiger partial charge in [-0.25, -0.2) is 0 Å². The first-order valence-corrected chi connectivity index (χ1v) is 7.69. The molecule has 0 spiro atoms. The highest BCUT2D eigenvalue weighted by atomic mass is 15.3. The number of hydrogen-bond donors (Lipinski definition) is 1. The average Bonchev–Trinajstić information content (AvgIpc) is 3.02. The van der Waals surface area contributed by atoms with E-state index in [-0.39, 0.29) is 0 Å². The molecule has 104 valence electrons. The third-order valence-corrected chi connectivity index (χ3v) is 4.64. The van der Waals surface area contributed by atoms with Gasteiger partial charge in [-0.1, -0.05) is 12.8 Å². The molecule has 1 aliphatic carbocycles. The van der Waals surface area contributed by atoms with Crippen LogP contribution in [0.1, 0.15) is 56.6 Å². The van der Waals surface area contributed by atoms with Crippen LogP contribution >= 0.6 is 0 Å². The van der Waals surface area contributed by atoms with Crippen LogP contribution in [-0.2, 0) is 0 Å². The van der Waals surface area contributed by atoms with Gasteiger partial charge in [0.2, 0.25) is 0 Å². The lowest BCUT2D eigenvalue weighted by Gasteiger charge is -2.35. The van der Waals surface area contributed by atoms with Crippen LogP contribution in [-0.4, -0.2) is 29.3 Å².